The molecular formula is C13H16O4. The smallest absolute Gasteiger partial charge is 0.303 e. The van der Waals surface area contributed by atoms with Gasteiger partial charge < -0.3 is 14.9 Å². The van der Waals surface area contributed by atoms with Crippen molar-refractivity contribution < 1.29 is 19.7 Å². The van der Waals surface area contributed by atoms with Gasteiger partial charge in [0.15, 0.2) is 0 Å². The molecule has 0 aliphatic heterocycles. The highest BCUT2D eigenvalue weighted by Gasteiger charge is 1.99. The first-order valence-electron chi connectivity index (χ1n) is 5.39. The molecule has 0 amide bonds. The SMILES string of the molecule is COc1ccc(O)c(C=CCCCC(=O)O)c1. The van der Waals surface area contributed by atoms with Gasteiger partial charge in [0.1, 0.15) is 11.5 Å². The van der Waals surface area contributed by atoms with E-state index in [1.807, 2.05) is 6.08 Å². The van der Waals surface area contributed by atoms with Crippen LogP contribution in [0.15, 0.2) is 24.3 Å². The molecule has 17 heavy (non-hydrogen) atoms. The fourth-order valence-corrected chi connectivity index (χ4v) is 1.37. The van der Waals surface area contributed by atoms with E-state index >= 15 is 0 Å². The normalized spacial score (nSPS) is 10.6. The number of carboxylic acid groups (broad SMARTS) is 1. The van der Waals surface area contributed by atoms with Crippen LogP contribution in [-0.4, -0.2) is 23.3 Å². The first kappa shape index (κ1) is 13.1. The Hall–Kier alpha value is -1.97. The summed E-state index contributed by atoms with van der Waals surface area (Å²) in [7, 11) is 1.56. The fraction of sp³-hybridized carbons (Fsp3) is 0.308. The van der Waals surface area contributed by atoms with Crippen molar-refractivity contribution in [2.45, 2.75) is 19.3 Å². The molecule has 0 aliphatic carbocycles. The van der Waals surface area contributed by atoms with Crippen molar-refractivity contribution in [3.8, 4) is 11.5 Å². The fourth-order valence-electron chi connectivity index (χ4n) is 1.37. The maximum absolute atomic E-state index is 10.3. The topological polar surface area (TPSA) is 66.8 Å². The Bertz CT molecular complexity index is 410. The molecule has 92 valence electrons. The lowest BCUT2D eigenvalue weighted by Crippen LogP contribution is -1.92. The zero-order chi connectivity index (χ0) is 12.7. The van der Waals surface area contributed by atoms with Crippen LogP contribution in [0.5, 0.6) is 11.5 Å². The number of aromatic hydroxyl groups is 1. The van der Waals surface area contributed by atoms with Crippen molar-refractivity contribution >= 4 is 12.0 Å². The highest BCUT2D eigenvalue weighted by molar-refractivity contribution is 5.66. The second-order valence-corrected chi connectivity index (χ2v) is 3.61. The maximum Gasteiger partial charge on any atom is 0.303 e. The molecule has 2 N–H and O–H groups in total. The van der Waals surface area contributed by atoms with Crippen molar-refractivity contribution in [2.75, 3.05) is 7.11 Å². The van der Waals surface area contributed by atoms with E-state index in [-0.39, 0.29) is 12.2 Å². The predicted molar refractivity (Wildman–Crippen MR) is 65.2 cm³/mol. The number of hydrogen-bond acceptors (Lipinski definition) is 3. The number of carboxylic acids is 1. The summed E-state index contributed by atoms with van der Waals surface area (Å²) < 4.78 is 5.05. The Labute approximate surface area is 100 Å². The average Bonchev–Trinajstić information content (AvgIpc) is 2.30. The largest absolute Gasteiger partial charge is 0.507 e. The lowest BCUT2D eigenvalue weighted by Gasteiger charge is -2.03. The number of carbonyl (C=O) groups is 1. The quantitative estimate of drug-likeness (QED) is 0.745. The van der Waals surface area contributed by atoms with E-state index in [9.17, 15) is 9.90 Å². The summed E-state index contributed by atoms with van der Waals surface area (Å²) in [6, 6.07) is 4.97. The predicted octanol–water partition coefficient (Wildman–Crippen LogP) is 2.67. The average molecular weight is 236 g/mol. The van der Waals surface area contributed by atoms with Gasteiger partial charge >= 0.3 is 5.97 Å². The van der Waals surface area contributed by atoms with Crippen LogP contribution < -0.4 is 4.74 Å². The lowest BCUT2D eigenvalue weighted by atomic mass is 10.1. The van der Waals surface area contributed by atoms with Gasteiger partial charge in [-0.15, -0.1) is 0 Å². The minimum absolute atomic E-state index is 0.161. The Morgan fingerprint density at radius 2 is 2.24 bits per heavy atom. The third-order valence-corrected chi connectivity index (χ3v) is 2.29. The minimum atomic E-state index is -0.789. The van der Waals surface area contributed by atoms with E-state index in [2.05, 4.69) is 0 Å². The summed E-state index contributed by atoms with van der Waals surface area (Å²) >= 11 is 0. The molecule has 4 heteroatoms. The van der Waals surface area contributed by atoms with Gasteiger partial charge in [-0.2, -0.15) is 0 Å². The van der Waals surface area contributed by atoms with E-state index in [4.69, 9.17) is 9.84 Å². The molecular weight excluding hydrogens is 220 g/mol. The molecule has 0 heterocycles. The van der Waals surface area contributed by atoms with Crippen LogP contribution in [0, 0.1) is 0 Å². The van der Waals surface area contributed by atoms with E-state index in [0.717, 1.165) is 0 Å². The third kappa shape index (κ3) is 4.59. The van der Waals surface area contributed by atoms with Gasteiger partial charge in [-0.1, -0.05) is 12.2 Å². The summed E-state index contributed by atoms with van der Waals surface area (Å²) in [4.78, 5) is 10.3. The Morgan fingerprint density at radius 3 is 2.88 bits per heavy atom. The van der Waals surface area contributed by atoms with Gasteiger partial charge in [-0.3, -0.25) is 4.79 Å². The van der Waals surface area contributed by atoms with E-state index in [1.165, 1.54) is 0 Å². The number of unbranched alkanes of at least 4 members (excludes halogenated alkanes) is 1. The molecule has 0 saturated heterocycles. The van der Waals surface area contributed by atoms with Crippen LogP contribution in [0.3, 0.4) is 0 Å². The van der Waals surface area contributed by atoms with Crippen LogP contribution in [0.2, 0.25) is 0 Å². The number of ether oxygens (including phenoxy) is 1. The van der Waals surface area contributed by atoms with Crippen LogP contribution in [0.25, 0.3) is 6.08 Å². The van der Waals surface area contributed by atoms with Crippen molar-refractivity contribution in [3.63, 3.8) is 0 Å². The summed E-state index contributed by atoms with van der Waals surface area (Å²) in [6.45, 7) is 0. The maximum atomic E-state index is 10.3. The molecule has 0 unspecified atom stereocenters. The molecule has 0 aromatic heterocycles. The van der Waals surface area contributed by atoms with Gasteiger partial charge in [0, 0.05) is 12.0 Å². The number of phenolic OH excluding ortho intramolecular Hbond substituents is 1. The van der Waals surface area contributed by atoms with E-state index in [1.54, 1.807) is 31.4 Å². The molecule has 0 saturated carbocycles. The third-order valence-electron chi connectivity index (χ3n) is 2.29. The van der Waals surface area contributed by atoms with Crippen molar-refractivity contribution in [1.29, 1.82) is 0 Å². The number of methoxy groups -OCH3 is 1. The van der Waals surface area contributed by atoms with Crippen LogP contribution >= 0.6 is 0 Å². The monoisotopic (exact) mass is 236 g/mol. The number of hydrogen-bond donors (Lipinski definition) is 2. The second kappa shape index (κ2) is 6.58. The first-order valence-corrected chi connectivity index (χ1v) is 5.39. The Morgan fingerprint density at radius 1 is 1.47 bits per heavy atom. The molecule has 1 rings (SSSR count). The summed E-state index contributed by atoms with van der Waals surface area (Å²) in [5.74, 6) is 0.0656. The van der Waals surface area contributed by atoms with Crippen LogP contribution in [0.4, 0.5) is 0 Å². The highest BCUT2D eigenvalue weighted by Crippen LogP contribution is 2.24. The molecule has 0 bridgehead atoms. The standard InChI is InChI=1S/C13H16O4/c1-17-11-7-8-12(14)10(9-11)5-3-2-4-6-13(15)16/h3,5,7-9,14H,2,4,6H2,1H3,(H,15,16). The van der Waals surface area contributed by atoms with Crippen molar-refractivity contribution in [3.05, 3.63) is 29.8 Å². The summed E-state index contributed by atoms with van der Waals surface area (Å²) in [6.07, 6.45) is 5.03. The van der Waals surface area contributed by atoms with Gasteiger partial charge in [0.05, 0.1) is 7.11 Å². The van der Waals surface area contributed by atoms with E-state index < -0.39 is 5.97 Å². The van der Waals surface area contributed by atoms with Gasteiger partial charge in [0.25, 0.3) is 0 Å². The number of benzene rings is 1. The van der Waals surface area contributed by atoms with Gasteiger partial charge in [-0.05, 0) is 31.0 Å². The van der Waals surface area contributed by atoms with E-state index in [0.29, 0.717) is 24.2 Å². The molecule has 0 aliphatic rings. The molecule has 0 atom stereocenters. The van der Waals surface area contributed by atoms with Gasteiger partial charge in [0.2, 0.25) is 0 Å². The number of phenols is 1. The van der Waals surface area contributed by atoms with Crippen LogP contribution in [0.1, 0.15) is 24.8 Å². The van der Waals surface area contributed by atoms with Crippen molar-refractivity contribution in [1.82, 2.24) is 0 Å². The zero-order valence-electron chi connectivity index (χ0n) is 9.72. The molecule has 0 spiro atoms. The van der Waals surface area contributed by atoms with Crippen molar-refractivity contribution in [2.24, 2.45) is 0 Å². The van der Waals surface area contributed by atoms with Crippen LogP contribution in [-0.2, 0) is 4.79 Å². The minimum Gasteiger partial charge on any atom is -0.507 e. The summed E-state index contributed by atoms with van der Waals surface area (Å²) in [5, 5.41) is 18.0. The number of allylic oxidation sites excluding steroid dienone is 1. The lowest BCUT2D eigenvalue weighted by molar-refractivity contribution is -0.137. The second-order valence-electron chi connectivity index (χ2n) is 3.61. The molecule has 0 fully saturated rings. The Balaban J connectivity index is 2.55. The number of aliphatic carboxylic acids is 1. The number of rotatable bonds is 6. The molecule has 1 aromatic rings. The molecule has 1 aromatic carbocycles. The molecule has 4 nitrogen and oxygen atoms in total. The highest BCUT2D eigenvalue weighted by atomic mass is 16.5. The molecule has 0 radical (unpaired) electrons. The first-order chi connectivity index (χ1) is 8.13. The zero-order valence-corrected chi connectivity index (χ0v) is 9.72. The summed E-state index contributed by atoms with van der Waals surface area (Å²) in [5.41, 5.74) is 0.666. The Kier molecular flexibility index (Phi) is 5.07. The van der Waals surface area contributed by atoms with Gasteiger partial charge in [-0.25, -0.2) is 0 Å².